The highest BCUT2D eigenvalue weighted by Crippen LogP contribution is 2.40. The molecule has 1 aromatic heterocycles. The van der Waals surface area contributed by atoms with E-state index in [1.807, 2.05) is 6.92 Å². The van der Waals surface area contributed by atoms with Crippen LogP contribution in [0.5, 0.6) is 0 Å². The number of rotatable bonds is 4. The molecule has 20 heavy (non-hydrogen) atoms. The van der Waals surface area contributed by atoms with Gasteiger partial charge in [0.25, 0.3) is 0 Å². The van der Waals surface area contributed by atoms with Crippen LogP contribution in [0.15, 0.2) is 24.4 Å². The molecule has 1 heterocycles. The van der Waals surface area contributed by atoms with Gasteiger partial charge in [0, 0.05) is 18.3 Å². The van der Waals surface area contributed by atoms with Crippen LogP contribution >= 0.6 is 11.3 Å². The molecule has 0 saturated heterocycles. The summed E-state index contributed by atoms with van der Waals surface area (Å²) in [4.78, 5) is 4.38. The SMILES string of the molecule is CCCNc1ncc(-c2ccc(F)cc2C(F)(F)F)s1. The Morgan fingerprint density at radius 3 is 2.70 bits per heavy atom. The van der Waals surface area contributed by atoms with Gasteiger partial charge in [-0.1, -0.05) is 18.3 Å². The zero-order valence-corrected chi connectivity index (χ0v) is 11.4. The van der Waals surface area contributed by atoms with Crippen LogP contribution in [-0.2, 0) is 6.18 Å². The smallest absolute Gasteiger partial charge is 0.362 e. The first-order valence-electron chi connectivity index (χ1n) is 5.98. The Balaban J connectivity index is 2.39. The monoisotopic (exact) mass is 304 g/mol. The predicted molar refractivity (Wildman–Crippen MR) is 71.3 cm³/mol. The van der Waals surface area contributed by atoms with E-state index in [0.29, 0.717) is 22.6 Å². The third-order valence-corrected chi connectivity index (χ3v) is 3.57. The maximum atomic E-state index is 13.0. The second-order valence-electron chi connectivity index (χ2n) is 4.14. The first-order valence-corrected chi connectivity index (χ1v) is 6.80. The Kier molecular flexibility index (Phi) is 4.27. The molecule has 1 aromatic carbocycles. The van der Waals surface area contributed by atoms with Crippen molar-refractivity contribution in [3.8, 4) is 10.4 Å². The first kappa shape index (κ1) is 14.8. The number of thiazole rings is 1. The van der Waals surface area contributed by atoms with Gasteiger partial charge in [-0.05, 0) is 24.6 Å². The molecule has 1 N–H and O–H groups in total. The van der Waals surface area contributed by atoms with E-state index in [9.17, 15) is 17.6 Å². The van der Waals surface area contributed by atoms with E-state index in [1.54, 1.807) is 0 Å². The Morgan fingerprint density at radius 1 is 1.30 bits per heavy atom. The molecule has 0 radical (unpaired) electrons. The minimum absolute atomic E-state index is 0.0547. The number of halogens is 4. The molecule has 0 atom stereocenters. The summed E-state index contributed by atoms with van der Waals surface area (Å²) < 4.78 is 51.8. The number of hydrogen-bond acceptors (Lipinski definition) is 3. The Hall–Kier alpha value is -1.63. The molecule has 0 aliphatic heterocycles. The van der Waals surface area contributed by atoms with E-state index in [-0.39, 0.29) is 5.56 Å². The van der Waals surface area contributed by atoms with Gasteiger partial charge in [0.15, 0.2) is 5.13 Å². The van der Waals surface area contributed by atoms with Crippen LogP contribution in [0.4, 0.5) is 22.7 Å². The maximum absolute atomic E-state index is 13.0. The van der Waals surface area contributed by atoms with Gasteiger partial charge in [0.05, 0.1) is 10.4 Å². The van der Waals surface area contributed by atoms with E-state index in [4.69, 9.17) is 0 Å². The lowest BCUT2D eigenvalue weighted by molar-refractivity contribution is -0.137. The van der Waals surface area contributed by atoms with Gasteiger partial charge < -0.3 is 5.32 Å². The number of aromatic nitrogens is 1. The standard InChI is InChI=1S/C13H12F4N2S/c1-2-5-18-12-19-7-11(20-12)9-4-3-8(14)6-10(9)13(15,16)17/h3-4,6-7H,2,5H2,1H3,(H,18,19). The van der Waals surface area contributed by atoms with Crippen molar-refractivity contribution >= 4 is 16.5 Å². The summed E-state index contributed by atoms with van der Waals surface area (Å²) in [5, 5.41) is 3.56. The molecular formula is C13H12F4N2S. The molecule has 0 aliphatic carbocycles. The second-order valence-corrected chi connectivity index (χ2v) is 5.17. The Bertz CT molecular complexity index is 592. The minimum atomic E-state index is -4.60. The molecule has 2 nitrogen and oxygen atoms in total. The van der Waals surface area contributed by atoms with Gasteiger partial charge >= 0.3 is 6.18 Å². The average Bonchev–Trinajstić information content (AvgIpc) is 2.84. The van der Waals surface area contributed by atoms with E-state index in [0.717, 1.165) is 29.9 Å². The summed E-state index contributed by atoms with van der Waals surface area (Å²) in [6.07, 6.45) is -2.34. The Labute approximate surface area is 117 Å². The molecule has 2 aromatic rings. The van der Waals surface area contributed by atoms with Crippen molar-refractivity contribution in [2.75, 3.05) is 11.9 Å². The first-order chi connectivity index (χ1) is 9.41. The van der Waals surface area contributed by atoms with Crippen molar-refractivity contribution in [1.82, 2.24) is 4.98 Å². The minimum Gasteiger partial charge on any atom is -0.362 e. The van der Waals surface area contributed by atoms with Crippen LogP contribution in [0.2, 0.25) is 0 Å². The quantitative estimate of drug-likeness (QED) is 0.821. The third kappa shape index (κ3) is 3.27. The van der Waals surface area contributed by atoms with Crippen molar-refractivity contribution < 1.29 is 17.6 Å². The Morgan fingerprint density at radius 2 is 2.05 bits per heavy atom. The van der Waals surface area contributed by atoms with Gasteiger partial charge in [-0.25, -0.2) is 9.37 Å². The fourth-order valence-corrected chi connectivity index (χ4v) is 2.56. The van der Waals surface area contributed by atoms with Crippen molar-refractivity contribution in [2.45, 2.75) is 19.5 Å². The normalized spacial score (nSPS) is 11.7. The van der Waals surface area contributed by atoms with E-state index < -0.39 is 17.6 Å². The zero-order valence-electron chi connectivity index (χ0n) is 10.6. The second kappa shape index (κ2) is 5.78. The number of nitrogens with zero attached hydrogens (tertiary/aromatic N) is 1. The van der Waals surface area contributed by atoms with Gasteiger partial charge in [-0.3, -0.25) is 0 Å². The van der Waals surface area contributed by atoms with Crippen LogP contribution in [0.1, 0.15) is 18.9 Å². The fraction of sp³-hybridized carbons (Fsp3) is 0.308. The third-order valence-electron chi connectivity index (χ3n) is 2.58. The molecule has 0 aliphatic rings. The molecule has 0 fully saturated rings. The zero-order chi connectivity index (χ0) is 14.8. The van der Waals surface area contributed by atoms with Crippen molar-refractivity contribution in [1.29, 1.82) is 0 Å². The number of anilines is 1. The summed E-state index contributed by atoms with van der Waals surface area (Å²) >= 11 is 1.12. The fourth-order valence-electron chi connectivity index (χ4n) is 1.68. The highest BCUT2D eigenvalue weighted by atomic mass is 32.1. The molecule has 0 bridgehead atoms. The van der Waals surface area contributed by atoms with Crippen LogP contribution in [-0.4, -0.2) is 11.5 Å². The van der Waals surface area contributed by atoms with Gasteiger partial charge in [-0.2, -0.15) is 13.2 Å². The predicted octanol–water partition coefficient (Wildman–Crippen LogP) is 4.79. The van der Waals surface area contributed by atoms with Gasteiger partial charge in [0.2, 0.25) is 0 Å². The van der Waals surface area contributed by atoms with Crippen LogP contribution in [0.25, 0.3) is 10.4 Å². The summed E-state index contributed by atoms with van der Waals surface area (Å²) in [7, 11) is 0. The highest BCUT2D eigenvalue weighted by Gasteiger charge is 2.34. The molecule has 0 saturated carbocycles. The largest absolute Gasteiger partial charge is 0.417 e. The summed E-state index contributed by atoms with van der Waals surface area (Å²) in [6.45, 7) is 2.67. The van der Waals surface area contributed by atoms with Crippen LogP contribution < -0.4 is 5.32 Å². The van der Waals surface area contributed by atoms with Gasteiger partial charge in [-0.15, -0.1) is 0 Å². The van der Waals surface area contributed by atoms with Crippen LogP contribution in [0.3, 0.4) is 0 Å². The summed E-state index contributed by atoms with van der Waals surface area (Å²) in [5.41, 5.74) is -1.04. The van der Waals surface area contributed by atoms with Crippen LogP contribution in [0, 0.1) is 5.82 Å². The highest BCUT2D eigenvalue weighted by molar-refractivity contribution is 7.18. The molecule has 0 amide bonds. The molecule has 0 spiro atoms. The number of alkyl halides is 3. The number of hydrogen-bond donors (Lipinski definition) is 1. The van der Waals surface area contributed by atoms with Crippen molar-refractivity contribution in [2.24, 2.45) is 0 Å². The maximum Gasteiger partial charge on any atom is 0.417 e. The van der Waals surface area contributed by atoms with Crippen molar-refractivity contribution in [3.05, 3.63) is 35.8 Å². The molecule has 2 rings (SSSR count). The lowest BCUT2D eigenvalue weighted by atomic mass is 10.1. The summed E-state index contributed by atoms with van der Waals surface area (Å²) in [6, 6.07) is 2.66. The van der Waals surface area contributed by atoms with Gasteiger partial charge in [0.1, 0.15) is 5.82 Å². The average molecular weight is 304 g/mol. The molecule has 108 valence electrons. The summed E-state index contributed by atoms with van der Waals surface area (Å²) in [5.74, 6) is -0.907. The lowest BCUT2D eigenvalue weighted by Gasteiger charge is -2.11. The lowest BCUT2D eigenvalue weighted by Crippen LogP contribution is -2.07. The molecule has 0 unspecified atom stereocenters. The van der Waals surface area contributed by atoms with E-state index >= 15 is 0 Å². The topological polar surface area (TPSA) is 24.9 Å². The number of benzene rings is 1. The molecular weight excluding hydrogens is 292 g/mol. The number of nitrogens with one attached hydrogen (secondary N) is 1. The molecule has 7 heteroatoms. The van der Waals surface area contributed by atoms with Crippen molar-refractivity contribution in [3.63, 3.8) is 0 Å². The van der Waals surface area contributed by atoms with E-state index in [1.165, 1.54) is 6.20 Å². The van der Waals surface area contributed by atoms with E-state index in [2.05, 4.69) is 10.3 Å².